The van der Waals surface area contributed by atoms with Crippen molar-refractivity contribution < 1.29 is 14.0 Å². The Labute approximate surface area is 200 Å². The molecule has 1 amide bonds. The minimum absolute atomic E-state index is 0.00124. The second kappa shape index (κ2) is 11.2. The summed E-state index contributed by atoms with van der Waals surface area (Å²) < 4.78 is 7.96. The van der Waals surface area contributed by atoms with Crippen molar-refractivity contribution in [2.75, 3.05) is 13.1 Å². The van der Waals surface area contributed by atoms with Crippen LogP contribution in [0, 0.1) is 5.92 Å². The number of hydrogen-bond donors (Lipinski definition) is 2. The zero-order chi connectivity index (χ0) is 23.9. The molecule has 3 heterocycles. The summed E-state index contributed by atoms with van der Waals surface area (Å²) in [7, 11) is 1.92. The third kappa shape index (κ3) is 5.80. The van der Waals surface area contributed by atoms with Crippen molar-refractivity contribution in [1.82, 2.24) is 25.4 Å². The number of rotatable bonds is 12. The molecule has 0 saturated carbocycles. The fourth-order valence-corrected chi connectivity index (χ4v) is 4.09. The van der Waals surface area contributed by atoms with Crippen molar-refractivity contribution in [3.05, 3.63) is 48.6 Å². The van der Waals surface area contributed by atoms with E-state index in [1.165, 1.54) is 0 Å². The summed E-state index contributed by atoms with van der Waals surface area (Å²) in [6.45, 7) is 3.31. The van der Waals surface area contributed by atoms with Crippen LogP contribution in [-0.4, -0.2) is 39.5 Å². The van der Waals surface area contributed by atoms with E-state index < -0.39 is 0 Å². The molecule has 1 saturated heterocycles. The smallest absolute Gasteiger partial charge is 0.226 e. The number of aryl methyl sites for hydroxylation is 1. The Morgan fingerprint density at radius 2 is 1.91 bits per heavy atom. The molecule has 1 aliphatic heterocycles. The number of hydrogen-bond acceptors (Lipinski definition) is 6. The van der Waals surface area contributed by atoms with Gasteiger partial charge in [-0.1, -0.05) is 44.0 Å². The lowest BCUT2D eigenvalue weighted by atomic mass is 10.0. The molecule has 3 aromatic rings. The van der Waals surface area contributed by atoms with Gasteiger partial charge in [0.1, 0.15) is 11.8 Å². The van der Waals surface area contributed by atoms with Crippen LogP contribution in [0.15, 0.2) is 47.1 Å². The zero-order valence-corrected chi connectivity index (χ0v) is 19.9. The predicted molar refractivity (Wildman–Crippen MR) is 130 cm³/mol. The SMILES string of the molecule is CCC(=O)CCCCC[C@H](NC(=O)C1CNC1)c1ncc(-c2ccc(-c3ccnn3C)cc2)o1. The number of carbonyl (C=O) groups is 2. The largest absolute Gasteiger partial charge is 0.438 e. The number of benzene rings is 1. The summed E-state index contributed by atoms with van der Waals surface area (Å²) in [5.74, 6) is 1.53. The maximum atomic E-state index is 12.6. The van der Waals surface area contributed by atoms with Crippen molar-refractivity contribution >= 4 is 11.7 Å². The van der Waals surface area contributed by atoms with Crippen molar-refractivity contribution in [2.45, 2.75) is 51.5 Å². The molecule has 0 radical (unpaired) electrons. The first-order valence-corrected chi connectivity index (χ1v) is 12.1. The molecule has 2 aromatic heterocycles. The van der Waals surface area contributed by atoms with Crippen LogP contribution < -0.4 is 10.6 Å². The highest BCUT2D eigenvalue weighted by Crippen LogP contribution is 2.28. The number of nitrogens with one attached hydrogen (secondary N) is 2. The van der Waals surface area contributed by atoms with E-state index in [9.17, 15) is 9.59 Å². The number of amides is 1. The highest BCUT2D eigenvalue weighted by molar-refractivity contribution is 5.80. The lowest BCUT2D eigenvalue weighted by molar-refractivity contribution is -0.127. The third-order valence-electron chi connectivity index (χ3n) is 6.42. The lowest BCUT2D eigenvalue weighted by Crippen LogP contribution is -2.51. The van der Waals surface area contributed by atoms with Crippen LogP contribution in [0.5, 0.6) is 0 Å². The van der Waals surface area contributed by atoms with Crippen molar-refractivity contribution in [2.24, 2.45) is 13.0 Å². The van der Waals surface area contributed by atoms with Crippen LogP contribution >= 0.6 is 0 Å². The standard InChI is InChI=1S/C26H33N5O3/c1-3-21(32)7-5-4-6-8-22(30-25(33)20-15-27-16-20)26-28-17-24(34-26)19-11-9-18(10-12-19)23-13-14-29-31(23)2/h9-14,17,20,22,27H,3-8,15-16H2,1-2H3,(H,30,33)/t22-/m0/s1. The molecule has 8 nitrogen and oxygen atoms in total. The van der Waals surface area contributed by atoms with E-state index in [0.717, 1.165) is 42.5 Å². The molecule has 0 unspecified atom stereocenters. The molecule has 2 N–H and O–H groups in total. The summed E-state index contributed by atoms with van der Waals surface area (Å²) >= 11 is 0. The number of carbonyl (C=O) groups excluding carboxylic acids is 2. The van der Waals surface area contributed by atoms with Crippen molar-refractivity contribution in [1.29, 1.82) is 0 Å². The topological polar surface area (TPSA) is 102 Å². The summed E-state index contributed by atoms with van der Waals surface area (Å²) in [6.07, 6.45) is 8.15. The van der Waals surface area contributed by atoms with Gasteiger partial charge in [-0.3, -0.25) is 14.3 Å². The normalized spacial score (nSPS) is 14.5. The summed E-state index contributed by atoms with van der Waals surface area (Å²) in [5.41, 5.74) is 3.04. The fourth-order valence-electron chi connectivity index (χ4n) is 4.09. The molecular formula is C26H33N5O3. The van der Waals surface area contributed by atoms with Gasteiger partial charge in [-0.25, -0.2) is 4.98 Å². The number of ketones is 1. The molecule has 1 aliphatic rings. The maximum absolute atomic E-state index is 12.6. The Balaban J connectivity index is 1.42. The average Bonchev–Trinajstić information content (AvgIpc) is 3.46. The van der Waals surface area contributed by atoms with Gasteiger partial charge in [-0.05, 0) is 24.5 Å². The third-order valence-corrected chi connectivity index (χ3v) is 6.42. The Morgan fingerprint density at radius 1 is 1.15 bits per heavy atom. The van der Waals surface area contributed by atoms with Gasteiger partial charge >= 0.3 is 0 Å². The molecule has 8 heteroatoms. The Hall–Kier alpha value is -3.26. The molecular weight excluding hydrogens is 430 g/mol. The quantitative estimate of drug-likeness (QED) is 0.393. The minimum Gasteiger partial charge on any atom is -0.438 e. The minimum atomic E-state index is -0.280. The first-order chi connectivity index (χ1) is 16.5. The second-order valence-electron chi connectivity index (χ2n) is 8.89. The molecule has 1 fully saturated rings. The molecule has 0 spiro atoms. The molecule has 4 rings (SSSR count). The molecule has 180 valence electrons. The van der Waals surface area contributed by atoms with Gasteiger partial charge in [0.2, 0.25) is 11.8 Å². The van der Waals surface area contributed by atoms with Crippen LogP contribution in [0.4, 0.5) is 0 Å². The number of oxazole rings is 1. The van der Waals surface area contributed by atoms with Gasteiger partial charge in [0.25, 0.3) is 0 Å². The summed E-state index contributed by atoms with van der Waals surface area (Å²) in [6, 6.07) is 9.78. The van der Waals surface area contributed by atoms with Gasteiger partial charge in [-0.15, -0.1) is 0 Å². The van der Waals surface area contributed by atoms with Gasteiger partial charge in [-0.2, -0.15) is 5.10 Å². The van der Waals surface area contributed by atoms with Crippen LogP contribution in [0.2, 0.25) is 0 Å². The number of nitrogens with zero attached hydrogens (tertiary/aromatic N) is 3. The maximum Gasteiger partial charge on any atom is 0.226 e. The highest BCUT2D eigenvalue weighted by Gasteiger charge is 2.28. The molecule has 0 bridgehead atoms. The monoisotopic (exact) mass is 463 g/mol. The van der Waals surface area contributed by atoms with Gasteiger partial charge < -0.3 is 15.1 Å². The Kier molecular flexibility index (Phi) is 7.90. The van der Waals surface area contributed by atoms with Gasteiger partial charge in [0.05, 0.1) is 17.8 Å². The van der Waals surface area contributed by atoms with E-state index in [1.807, 2.05) is 49.0 Å². The fraction of sp³-hybridized carbons (Fsp3) is 0.462. The van der Waals surface area contributed by atoms with E-state index in [4.69, 9.17) is 4.42 Å². The summed E-state index contributed by atoms with van der Waals surface area (Å²) in [4.78, 5) is 28.7. The molecule has 34 heavy (non-hydrogen) atoms. The molecule has 0 aliphatic carbocycles. The van der Waals surface area contributed by atoms with Gasteiger partial charge in [0.15, 0.2) is 5.76 Å². The van der Waals surface area contributed by atoms with Crippen molar-refractivity contribution in [3.8, 4) is 22.6 Å². The van der Waals surface area contributed by atoms with E-state index in [-0.39, 0.29) is 17.9 Å². The van der Waals surface area contributed by atoms with Gasteiger partial charge in [0, 0.05) is 44.7 Å². The lowest BCUT2D eigenvalue weighted by Gasteiger charge is -2.27. The van der Waals surface area contributed by atoms with E-state index in [2.05, 4.69) is 20.7 Å². The average molecular weight is 464 g/mol. The van der Waals surface area contributed by atoms with Crippen LogP contribution in [0.1, 0.15) is 57.4 Å². The van der Waals surface area contributed by atoms with E-state index in [0.29, 0.717) is 43.4 Å². The van der Waals surface area contributed by atoms with Crippen LogP contribution in [-0.2, 0) is 16.6 Å². The number of aromatic nitrogens is 3. The van der Waals surface area contributed by atoms with Crippen LogP contribution in [0.25, 0.3) is 22.6 Å². The zero-order valence-electron chi connectivity index (χ0n) is 19.9. The molecule has 1 atom stereocenters. The first kappa shape index (κ1) is 23.9. The predicted octanol–water partition coefficient (Wildman–Crippen LogP) is 4.05. The van der Waals surface area contributed by atoms with Crippen LogP contribution in [0.3, 0.4) is 0 Å². The van der Waals surface area contributed by atoms with Crippen molar-refractivity contribution in [3.63, 3.8) is 0 Å². The van der Waals surface area contributed by atoms with E-state index >= 15 is 0 Å². The first-order valence-electron chi connectivity index (χ1n) is 12.1. The highest BCUT2D eigenvalue weighted by atomic mass is 16.4. The second-order valence-corrected chi connectivity index (χ2v) is 8.89. The van der Waals surface area contributed by atoms with E-state index in [1.54, 1.807) is 12.4 Å². The number of Topliss-reactive ketones (excluding diaryl/α,β-unsaturated/α-hetero) is 1. The summed E-state index contributed by atoms with van der Waals surface area (Å²) in [5, 5.41) is 10.5. The Bertz CT molecular complexity index is 1100. The molecule has 1 aromatic carbocycles. The number of unbranched alkanes of at least 4 members (excludes halogenated alkanes) is 2. The Morgan fingerprint density at radius 3 is 2.56 bits per heavy atom.